The van der Waals surface area contributed by atoms with E-state index in [1.165, 1.54) is 0 Å². The fraction of sp³-hybridized carbons (Fsp3) is 0.280. The first-order chi connectivity index (χ1) is 15.1. The Morgan fingerprint density at radius 1 is 0.871 bits per heavy atom. The highest BCUT2D eigenvalue weighted by Crippen LogP contribution is 2.50. The first-order valence-corrected chi connectivity index (χ1v) is 10.8. The number of aromatic amines is 2. The second kappa shape index (κ2) is 6.74. The van der Waals surface area contributed by atoms with Gasteiger partial charge in [0.05, 0.1) is 23.8 Å². The molecular formula is C25H24N4O2. The molecule has 0 spiro atoms. The quantitative estimate of drug-likeness (QED) is 0.448. The van der Waals surface area contributed by atoms with E-state index in [1.54, 1.807) is 0 Å². The normalized spacial score (nSPS) is 14.5. The van der Waals surface area contributed by atoms with E-state index < -0.39 is 0 Å². The molecule has 4 aromatic rings. The summed E-state index contributed by atoms with van der Waals surface area (Å²) in [5.41, 5.74) is 8.74. The zero-order chi connectivity index (χ0) is 21.1. The van der Waals surface area contributed by atoms with Crippen LogP contribution < -0.4 is 9.47 Å². The Morgan fingerprint density at radius 2 is 1.45 bits per heavy atom. The van der Waals surface area contributed by atoms with E-state index in [0.717, 1.165) is 74.3 Å². The molecule has 4 heterocycles. The molecule has 2 aliphatic heterocycles. The van der Waals surface area contributed by atoms with Gasteiger partial charge in [-0.05, 0) is 37.6 Å². The number of imidazole rings is 2. The molecule has 0 amide bonds. The molecule has 2 aromatic carbocycles. The van der Waals surface area contributed by atoms with Gasteiger partial charge in [0.25, 0.3) is 0 Å². The minimum absolute atomic E-state index is 0.409. The van der Waals surface area contributed by atoms with E-state index >= 15 is 0 Å². The lowest BCUT2D eigenvalue weighted by atomic mass is 9.87. The van der Waals surface area contributed by atoms with Crippen molar-refractivity contribution >= 4 is 0 Å². The summed E-state index contributed by atoms with van der Waals surface area (Å²) < 4.78 is 12.5. The van der Waals surface area contributed by atoms with Crippen molar-refractivity contribution in [1.82, 2.24) is 19.9 Å². The number of hydrogen-bond donors (Lipinski definition) is 2. The van der Waals surface area contributed by atoms with Crippen LogP contribution in [0.25, 0.3) is 33.6 Å². The van der Waals surface area contributed by atoms with Gasteiger partial charge in [-0.2, -0.15) is 0 Å². The number of nitrogens with one attached hydrogen (secondary N) is 2. The summed E-state index contributed by atoms with van der Waals surface area (Å²) in [6.45, 7) is 7.35. The number of benzene rings is 2. The Balaban J connectivity index is 1.45. The molecule has 0 saturated heterocycles. The molecule has 0 radical (unpaired) electrons. The van der Waals surface area contributed by atoms with Crippen molar-refractivity contribution in [2.75, 3.05) is 0 Å². The summed E-state index contributed by atoms with van der Waals surface area (Å²) in [4.78, 5) is 15.7. The van der Waals surface area contributed by atoms with E-state index in [1.807, 2.05) is 19.3 Å². The Kier molecular flexibility index (Phi) is 3.96. The third kappa shape index (κ3) is 2.86. The lowest BCUT2D eigenvalue weighted by Gasteiger charge is -2.30. The van der Waals surface area contributed by atoms with Gasteiger partial charge in [-0.3, -0.25) is 0 Å². The van der Waals surface area contributed by atoms with Crippen molar-refractivity contribution in [1.29, 1.82) is 0 Å². The topological polar surface area (TPSA) is 75.8 Å². The van der Waals surface area contributed by atoms with Crippen molar-refractivity contribution in [3.05, 3.63) is 59.4 Å². The SMILES string of the molecule is CCC(C)c1ncc(-c2cc3c4c(c2)OCc2cc(-c5cnc(C)[nH]5)cc(c2-4)OC3)[nH]1. The molecule has 1 unspecified atom stereocenters. The van der Waals surface area contributed by atoms with E-state index in [4.69, 9.17) is 9.47 Å². The number of ether oxygens (including phenoxy) is 2. The van der Waals surface area contributed by atoms with Gasteiger partial charge in [0, 0.05) is 39.3 Å². The third-order valence-electron chi connectivity index (χ3n) is 6.38. The molecule has 0 aliphatic carbocycles. The van der Waals surface area contributed by atoms with Gasteiger partial charge in [0.15, 0.2) is 0 Å². The highest BCUT2D eigenvalue weighted by Gasteiger charge is 2.30. The van der Waals surface area contributed by atoms with Crippen LogP contribution in [0.1, 0.15) is 49.0 Å². The predicted molar refractivity (Wildman–Crippen MR) is 119 cm³/mol. The summed E-state index contributed by atoms with van der Waals surface area (Å²) in [5, 5.41) is 0. The van der Waals surface area contributed by atoms with Crippen LogP contribution >= 0.6 is 0 Å². The summed E-state index contributed by atoms with van der Waals surface area (Å²) in [5.74, 6) is 4.15. The number of aryl methyl sites for hydroxylation is 1. The van der Waals surface area contributed by atoms with Crippen LogP contribution in [0.2, 0.25) is 0 Å². The lowest BCUT2D eigenvalue weighted by molar-refractivity contribution is 0.278. The highest BCUT2D eigenvalue weighted by molar-refractivity contribution is 5.88. The first-order valence-electron chi connectivity index (χ1n) is 10.8. The number of nitrogens with zero attached hydrogens (tertiary/aromatic N) is 2. The fourth-order valence-electron chi connectivity index (χ4n) is 4.49. The van der Waals surface area contributed by atoms with Gasteiger partial charge < -0.3 is 19.4 Å². The smallest absolute Gasteiger partial charge is 0.128 e. The molecule has 6 rings (SSSR count). The van der Waals surface area contributed by atoms with Crippen LogP contribution in [0.5, 0.6) is 11.5 Å². The molecule has 2 aromatic heterocycles. The molecule has 31 heavy (non-hydrogen) atoms. The summed E-state index contributed by atoms with van der Waals surface area (Å²) >= 11 is 0. The van der Waals surface area contributed by atoms with Crippen molar-refractivity contribution < 1.29 is 9.47 Å². The Hall–Kier alpha value is -3.54. The molecule has 6 nitrogen and oxygen atoms in total. The maximum atomic E-state index is 6.24. The number of aromatic nitrogens is 4. The molecule has 6 heteroatoms. The minimum Gasteiger partial charge on any atom is -0.488 e. The van der Waals surface area contributed by atoms with Crippen molar-refractivity contribution in [2.24, 2.45) is 0 Å². The Bertz CT molecular complexity index is 1270. The van der Waals surface area contributed by atoms with Gasteiger partial charge >= 0.3 is 0 Å². The molecule has 2 aliphatic rings. The van der Waals surface area contributed by atoms with E-state index in [9.17, 15) is 0 Å². The van der Waals surface area contributed by atoms with Crippen LogP contribution in [0.3, 0.4) is 0 Å². The van der Waals surface area contributed by atoms with Gasteiger partial charge in [0.1, 0.15) is 36.4 Å². The predicted octanol–water partition coefficient (Wildman–Crippen LogP) is 5.74. The second-order valence-electron chi connectivity index (χ2n) is 8.47. The molecule has 0 fully saturated rings. The number of H-pyrrole nitrogens is 2. The standard InChI is InChI=1S/C25H24N4O2/c1-4-13(2)25-27-10-20(29-25)16-6-18-12-30-21-7-15(19-9-26-14(3)28-19)5-17-11-31-22(8-16)24(18)23(17)21/h5-10,13H,4,11-12H2,1-3H3,(H,26,28)(H,27,29). The zero-order valence-corrected chi connectivity index (χ0v) is 17.9. The number of rotatable bonds is 4. The molecule has 156 valence electrons. The van der Waals surface area contributed by atoms with E-state index in [-0.39, 0.29) is 0 Å². The van der Waals surface area contributed by atoms with Crippen molar-refractivity contribution in [3.8, 4) is 45.1 Å². The van der Waals surface area contributed by atoms with Crippen molar-refractivity contribution in [2.45, 2.75) is 46.3 Å². The Labute approximate surface area is 180 Å². The van der Waals surface area contributed by atoms with E-state index in [0.29, 0.717) is 19.1 Å². The lowest BCUT2D eigenvalue weighted by Crippen LogP contribution is -2.15. The van der Waals surface area contributed by atoms with Gasteiger partial charge in [-0.15, -0.1) is 0 Å². The van der Waals surface area contributed by atoms with Gasteiger partial charge in [-0.25, -0.2) is 9.97 Å². The summed E-state index contributed by atoms with van der Waals surface area (Å²) in [6.07, 6.45) is 4.83. The average molecular weight is 412 g/mol. The first kappa shape index (κ1) is 18.2. The third-order valence-corrected chi connectivity index (χ3v) is 6.38. The van der Waals surface area contributed by atoms with E-state index in [2.05, 4.69) is 58.0 Å². The summed E-state index contributed by atoms with van der Waals surface area (Å²) in [6, 6.07) is 8.59. The second-order valence-corrected chi connectivity index (χ2v) is 8.47. The fourth-order valence-corrected chi connectivity index (χ4v) is 4.49. The van der Waals surface area contributed by atoms with Crippen LogP contribution in [-0.4, -0.2) is 19.9 Å². The van der Waals surface area contributed by atoms with Crippen LogP contribution in [0, 0.1) is 6.92 Å². The van der Waals surface area contributed by atoms with Gasteiger partial charge in [0.2, 0.25) is 0 Å². The van der Waals surface area contributed by atoms with Crippen LogP contribution in [-0.2, 0) is 13.2 Å². The van der Waals surface area contributed by atoms with Crippen LogP contribution in [0.15, 0.2) is 36.7 Å². The average Bonchev–Trinajstić information content (AvgIpc) is 3.46. The molecule has 1 atom stereocenters. The number of hydrogen-bond acceptors (Lipinski definition) is 4. The highest BCUT2D eigenvalue weighted by atomic mass is 16.5. The molecular weight excluding hydrogens is 388 g/mol. The monoisotopic (exact) mass is 412 g/mol. The minimum atomic E-state index is 0.409. The molecule has 2 N–H and O–H groups in total. The Morgan fingerprint density at radius 3 is 2.00 bits per heavy atom. The summed E-state index contributed by atoms with van der Waals surface area (Å²) in [7, 11) is 0. The van der Waals surface area contributed by atoms with Gasteiger partial charge in [-0.1, -0.05) is 13.8 Å². The van der Waals surface area contributed by atoms with Crippen LogP contribution in [0.4, 0.5) is 0 Å². The largest absolute Gasteiger partial charge is 0.488 e. The maximum absolute atomic E-state index is 6.24. The molecule has 0 bridgehead atoms. The van der Waals surface area contributed by atoms with Crippen molar-refractivity contribution in [3.63, 3.8) is 0 Å². The molecule has 0 saturated carbocycles. The maximum Gasteiger partial charge on any atom is 0.128 e. The zero-order valence-electron chi connectivity index (χ0n) is 17.9.